The van der Waals surface area contributed by atoms with E-state index in [-0.39, 0.29) is 6.61 Å². The van der Waals surface area contributed by atoms with E-state index in [2.05, 4.69) is 10.6 Å². The second-order valence-corrected chi connectivity index (χ2v) is 3.78. The first-order valence-electron chi connectivity index (χ1n) is 5.22. The minimum Gasteiger partial charge on any atom is -0.484 e. The Kier molecular flexibility index (Phi) is 3.26. The zero-order valence-electron chi connectivity index (χ0n) is 8.90. The Morgan fingerprint density at radius 2 is 2.12 bits per heavy atom. The molecule has 0 aliphatic carbocycles. The Hall–Kier alpha value is -1.75. The van der Waals surface area contributed by atoms with Gasteiger partial charge in [0.05, 0.1) is 6.04 Å². The number of benzene rings is 1. The van der Waals surface area contributed by atoms with Gasteiger partial charge in [-0.05, 0) is 24.3 Å². The number of hydrogen-bond acceptors (Lipinski definition) is 4. The van der Waals surface area contributed by atoms with Gasteiger partial charge in [-0.25, -0.2) is 0 Å². The first kappa shape index (κ1) is 10.8. The Morgan fingerprint density at radius 3 is 2.62 bits per heavy atom. The van der Waals surface area contributed by atoms with Crippen molar-refractivity contribution in [1.82, 2.24) is 5.32 Å². The summed E-state index contributed by atoms with van der Waals surface area (Å²) in [5, 5.41) is 6.55. The largest absolute Gasteiger partial charge is 0.484 e. The lowest BCUT2D eigenvalue weighted by atomic mass is 10.1. The van der Waals surface area contributed by atoms with E-state index in [0.29, 0.717) is 11.8 Å². The van der Waals surface area contributed by atoms with Crippen molar-refractivity contribution in [3.63, 3.8) is 0 Å². The smallest absolute Gasteiger partial charge is 0.255 e. The van der Waals surface area contributed by atoms with E-state index in [1.807, 2.05) is 24.3 Å². The van der Waals surface area contributed by atoms with E-state index >= 15 is 0 Å². The van der Waals surface area contributed by atoms with E-state index in [4.69, 9.17) is 10.5 Å². The van der Waals surface area contributed by atoms with E-state index in [1.165, 1.54) is 0 Å². The molecule has 2 rings (SSSR count). The van der Waals surface area contributed by atoms with Gasteiger partial charge in [-0.1, -0.05) is 0 Å². The van der Waals surface area contributed by atoms with E-state index in [9.17, 15) is 4.79 Å². The van der Waals surface area contributed by atoms with Crippen LogP contribution in [0.4, 0.5) is 5.69 Å². The summed E-state index contributed by atoms with van der Waals surface area (Å²) >= 11 is 0. The molecule has 0 aromatic heterocycles. The molecule has 16 heavy (non-hydrogen) atoms. The van der Waals surface area contributed by atoms with Crippen LogP contribution >= 0.6 is 0 Å². The molecule has 0 spiro atoms. The molecular formula is C11H15N3O2. The van der Waals surface area contributed by atoms with Gasteiger partial charge in [0.2, 0.25) is 0 Å². The summed E-state index contributed by atoms with van der Waals surface area (Å²) in [4.78, 5) is 10.5. The molecule has 1 aromatic rings. The number of rotatable bonds is 5. The summed E-state index contributed by atoms with van der Waals surface area (Å²) in [5.41, 5.74) is 6.03. The number of nitrogens with one attached hydrogen (secondary N) is 2. The van der Waals surface area contributed by atoms with Crippen LogP contribution in [0.3, 0.4) is 0 Å². The minimum atomic E-state index is -0.470. The van der Waals surface area contributed by atoms with Crippen LogP contribution in [0, 0.1) is 0 Å². The van der Waals surface area contributed by atoms with Gasteiger partial charge in [0.15, 0.2) is 6.61 Å². The lowest BCUT2D eigenvalue weighted by molar-refractivity contribution is -0.119. The summed E-state index contributed by atoms with van der Waals surface area (Å²) in [6.45, 7) is 1.92. The standard InChI is InChI=1S/C11H15N3O2/c12-11(15)7-16-10-3-1-8(2-4-10)14-9-5-13-6-9/h1-4,9,13-14H,5-7H2,(H2,12,15). The molecular weight excluding hydrogens is 206 g/mol. The average molecular weight is 221 g/mol. The molecule has 1 aliphatic rings. The first-order valence-corrected chi connectivity index (χ1v) is 5.22. The van der Waals surface area contributed by atoms with Gasteiger partial charge in [-0.3, -0.25) is 4.79 Å². The van der Waals surface area contributed by atoms with Gasteiger partial charge in [0.1, 0.15) is 5.75 Å². The average Bonchev–Trinajstić information content (AvgIpc) is 2.22. The third kappa shape index (κ3) is 2.87. The van der Waals surface area contributed by atoms with E-state index in [1.54, 1.807) is 0 Å². The zero-order valence-corrected chi connectivity index (χ0v) is 8.90. The first-order chi connectivity index (χ1) is 7.74. The van der Waals surface area contributed by atoms with Gasteiger partial charge in [0.25, 0.3) is 5.91 Å². The Balaban J connectivity index is 1.85. The quantitative estimate of drug-likeness (QED) is 0.650. The fourth-order valence-electron chi connectivity index (χ4n) is 1.43. The molecule has 1 aliphatic heterocycles. The van der Waals surface area contributed by atoms with Crippen LogP contribution in [-0.4, -0.2) is 31.6 Å². The SMILES string of the molecule is NC(=O)COc1ccc(NC2CNC2)cc1. The predicted molar refractivity (Wildman–Crippen MR) is 61.4 cm³/mol. The fourth-order valence-corrected chi connectivity index (χ4v) is 1.43. The predicted octanol–water partition coefficient (Wildman–Crippen LogP) is -0.0656. The van der Waals surface area contributed by atoms with Crippen LogP contribution in [0.1, 0.15) is 0 Å². The Morgan fingerprint density at radius 1 is 1.44 bits per heavy atom. The van der Waals surface area contributed by atoms with Crippen molar-refractivity contribution >= 4 is 11.6 Å². The Labute approximate surface area is 94.0 Å². The number of primary amides is 1. The molecule has 0 saturated carbocycles. The highest BCUT2D eigenvalue weighted by atomic mass is 16.5. The highest BCUT2D eigenvalue weighted by molar-refractivity contribution is 5.75. The lowest BCUT2D eigenvalue weighted by Gasteiger charge is -2.28. The summed E-state index contributed by atoms with van der Waals surface area (Å²) in [6.07, 6.45) is 0. The molecule has 0 atom stereocenters. The number of hydrogen-bond donors (Lipinski definition) is 3. The van der Waals surface area contributed by atoms with E-state index in [0.717, 1.165) is 18.8 Å². The molecule has 1 amide bonds. The van der Waals surface area contributed by atoms with Crippen LogP contribution in [0.25, 0.3) is 0 Å². The monoisotopic (exact) mass is 221 g/mol. The fraction of sp³-hybridized carbons (Fsp3) is 0.364. The van der Waals surface area contributed by atoms with Crippen LogP contribution in [0.15, 0.2) is 24.3 Å². The second-order valence-electron chi connectivity index (χ2n) is 3.78. The van der Waals surface area contributed by atoms with Crippen molar-refractivity contribution in [3.8, 4) is 5.75 Å². The van der Waals surface area contributed by atoms with Gasteiger partial charge in [0, 0.05) is 18.8 Å². The molecule has 1 fully saturated rings. The van der Waals surface area contributed by atoms with Crippen LogP contribution < -0.4 is 21.1 Å². The maximum absolute atomic E-state index is 10.5. The van der Waals surface area contributed by atoms with Gasteiger partial charge < -0.3 is 21.1 Å². The maximum atomic E-state index is 10.5. The van der Waals surface area contributed by atoms with E-state index < -0.39 is 5.91 Å². The van der Waals surface area contributed by atoms with Gasteiger partial charge in [-0.15, -0.1) is 0 Å². The molecule has 0 unspecified atom stereocenters. The molecule has 86 valence electrons. The number of carbonyl (C=O) groups is 1. The van der Waals surface area contributed by atoms with Crippen LogP contribution in [0.2, 0.25) is 0 Å². The van der Waals surface area contributed by atoms with Crippen molar-refractivity contribution in [2.75, 3.05) is 25.0 Å². The van der Waals surface area contributed by atoms with Crippen molar-refractivity contribution in [3.05, 3.63) is 24.3 Å². The highest BCUT2D eigenvalue weighted by Gasteiger charge is 2.15. The third-order valence-electron chi connectivity index (χ3n) is 2.39. The van der Waals surface area contributed by atoms with Crippen molar-refractivity contribution in [2.24, 2.45) is 5.73 Å². The topological polar surface area (TPSA) is 76.4 Å². The molecule has 1 heterocycles. The van der Waals surface area contributed by atoms with Crippen LogP contribution in [0.5, 0.6) is 5.75 Å². The highest BCUT2D eigenvalue weighted by Crippen LogP contribution is 2.16. The third-order valence-corrected chi connectivity index (χ3v) is 2.39. The Bertz CT molecular complexity index is 360. The number of ether oxygens (including phenoxy) is 1. The molecule has 0 bridgehead atoms. The number of carbonyl (C=O) groups excluding carboxylic acids is 1. The van der Waals surface area contributed by atoms with Gasteiger partial charge >= 0.3 is 0 Å². The summed E-state index contributed by atoms with van der Waals surface area (Å²) in [7, 11) is 0. The number of anilines is 1. The normalized spacial score (nSPS) is 15.2. The molecule has 5 nitrogen and oxygen atoms in total. The van der Waals surface area contributed by atoms with Gasteiger partial charge in [-0.2, -0.15) is 0 Å². The molecule has 1 aromatic carbocycles. The molecule has 5 heteroatoms. The van der Waals surface area contributed by atoms with Crippen molar-refractivity contribution < 1.29 is 9.53 Å². The summed E-state index contributed by atoms with van der Waals surface area (Å²) in [5.74, 6) is 0.179. The summed E-state index contributed by atoms with van der Waals surface area (Å²) in [6, 6.07) is 8.00. The number of amides is 1. The molecule has 1 saturated heterocycles. The second kappa shape index (κ2) is 4.85. The van der Waals surface area contributed by atoms with Crippen molar-refractivity contribution in [1.29, 1.82) is 0 Å². The lowest BCUT2D eigenvalue weighted by Crippen LogP contribution is -2.51. The van der Waals surface area contributed by atoms with Crippen LogP contribution in [-0.2, 0) is 4.79 Å². The summed E-state index contributed by atoms with van der Waals surface area (Å²) < 4.78 is 5.15. The molecule has 4 N–H and O–H groups in total. The number of nitrogens with two attached hydrogens (primary N) is 1. The molecule has 0 radical (unpaired) electrons. The minimum absolute atomic E-state index is 0.0840. The van der Waals surface area contributed by atoms with Crippen molar-refractivity contribution in [2.45, 2.75) is 6.04 Å². The zero-order chi connectivity index (χ0) is 11.4. The maximum Gasteiger partial charge on any atom is 0.255 e.